The van der Waals surface area contributed by atoms with Gasteiger partial charge >= 0.3 is 11.7 Å². The first-order chi connectivity index (χ1) is 8.50. The number of hydrogen-bond acceptors (Lipinski definition) is 4. The molecule has 8 heteroatoms. The Bertz CT molecular complexity index is 602. The van der Waals surface area contributed by atoms with Gasteiger partial charge in [-0.2, -0.15) is 0 Å². The standard InChI is InChI=1S/C10H11N3O5/c14-7-5(4-11-10(18)12-7)8(15)13-3-1-2-6(13)9(16)17/h4,6H,1-3H2,(H,16,17)(H2,11,12,14,18)/t6-/m1/s1. The molecule has 2 heterocycles. The number of nitrogens with one attached hydrogen (secondary N) is 2. The predicted octanol–water partition coefficient (Wildman–Crippen LogP) is -1.25. The molecule has 0 aliphatic carbocycles. The van der Waals surface area contributed by atoms with Crippen molar-refractivity contribution < 1.29 is 14.7 Å². The largest absolute Gasteiger partial charge is 0.480 e. The third-order valence-corrected chi connectivity index (χ3v) is 2.85. The van der Waals surface area contributed by atoms with Crippen molar-refractivity contribution in [1.29, 1.82) is 0 Å². The molecule has 0 unspecified atom stereocenters. The SMILES string of the molecule is O=C(O)[C@H]1CCCN1C(=O)c1c[nH]c(=O)[nH]c1=O. The molecular weight excluding hydrogens is 242 g/mol. The Labute approximate surface area is 100 Å². The first-order valence-corrected chi connectivity index (χ1v) is 5.36. The molecule has 1 fully saturated rings. The highest BCUT2D eigenvalue weighted by molar-refractivity contribution is 5.96. The molecule has 18 heavy (non-hydrogen) atoms. The summed E-state index contributed by atoms with van der Waals surface area (Å²) in [4.78, 5) is 50.5. The van der Waals surface area contributed by atoms with Crippen LogP contribution in [0.3, 0.4) is 0 Å². The Kier molecular flexibility index (Phi) is 3.00. The summed E-state index contributed by atoms with van der Waals surface area (Å²) >= 11 is 0. The third-order valence-electron chi connectivity index (χ3n) is 2.85. The first kappa shape index (κ1) is 12.1. The fourth-order valence-corrected chi connectivity index (χ4v) is 1.99. The number of H-pyrrole nitrogens is 2. The van der Waals surface area contributed by atoms with Gasteiger partial charge in [0, 0.05) is 12.7 Å². The number of rotatable bonds is 2. The summed E-state index contributed by atoms with van der Waals surface area (Å²) in [7, 11) is 0. The van der Waals surface area contributed by atoms with Gasteiger partial charge in [-0.25, -0.2) is 9.59 Å². The van der Waals surface area contributed by atoms with E-state index in [1.54, 1.807) is 0 Å². The summed E-state index contributed by atoms with van der Waals surface area (Å²) in [6.45, 7) is 0.286. The van der Waals surface area contributed by atoms with E-state index in [1.807, 2.05) is 4.98 Å². The zero-order chi connectivity index (χ0) is 13.3. The summed E-state index contributed by atoms with van der Waals surface area (Å²) in [5, 5.41) is 8.96. The lowest BCUT2D eigenvalue weighted by Gasteiger charge is -2.20. The van der Waals surface area contributed by atoms with Gasteiger partial charge in [-0.05, 0) is 12.8 Å². The van der Waals surface area contributed by atoms with Crippen molar-refractivity contribution >= 4 is 11.9 Å². The Morgan fingerprint density at radius 3 is 2.72 bits per heavy atom. The van der Waals surface area contributed by atoms with Crippen molar-refractivity contribution in [3.05, 3.63) is 32.6 Å². The topological polar surface area (TPSA) is 123 Å². The van der Waals surface area contributed by atoms with Crippen molar-refractivity contribution in [1.82, 2.24) is 14.9 Å². The maximum atomic E-state index is 12.0. The quantitative estimate of drug-likeness (QED) is 0.607. The van der Waals surface area contributed by atoms with Gasteiger partial charge in [0.15, 0.2) is 0 Å². The average Bonchev–Trinajstić information content (AvgIpc) is 2.77. The number of amides is 1. The van der Waals surface area contributed by atoms with E-state index in [2.05, 4.69) is 4.98 Å². The normalized spacial score (nSPS) is 18.9. The lowest BCUT2D eigenvalue weighted by atomic mass is 10.2. The number of aromatic amines is 2. The summed E-state index contributed by atoms with van der Waals surface area (Å²) in [5.41, 5.74) is -1.80. The van der Waals surface area contributed by atoms with Gasteiger partial charge in [-0.1, -0.05) is 0 Å². The molecule has 1 aromatic rings. The first-order valence-electron chi connectivity index (χ1n) is 5.36. The lowest BCUT2D eigenvalue weighted by Crippen LogP contribution is -2.43. The second-order valence-electron chi connectivity index (χ2n) is 3.98. The second kappa shape index (κ2) is 4.47. The van der Waals surface area contributed by atoms with Crippen LogP contribution in [0.4, 0.5) is 0 Å². The van der Waals surface area contributed by atoms with Crippen molar-refractivity contribution in [2.75, 3.05) is 6.54 Å². The van der Waals surface area contributed by atoms with Crippen molar-refractivity contribution in [2.24, 2.45) is 0 Å². The summed E-state index contributed by atoms with van der Waals surface area (Å²) < 4.78 is 0. The number of carbonyl (C=O) groups is 2. The van der Waals surface area contributed by atoms with Crippen LogP contribution in [0.15, 0.2) is 15.8 Å². The maximum absolute atomic E-state index is 12.0. The van der Waals surface area contributed by atoms with Crippen LogP contribution in [-0.2, 0) is 4.79 Å². The van der Waals surface area contributed by atoms with E-state index in [9.17, 15) is 19.2 Å². The van der Waals surface area contributed by atoms with E-state index < -0.39 is 29.2 Å². The number of carboxylic acid groups (broad SMARTS) is 1. The number of aliphatic carboxylic acids is 1. The highest BCUT2D eigenvalue weighted by atomic mass is 16.4. The number of carbonyl (C=O) groups excluding carboxylic acids is 1. The molecule has 1 atom stereocenters. The molecule has 0 aromatic carbocycles. The molecule has 1 amide bonds. The minimum atomic E-state index is -1.10. The molecule has 1 aliphatic heterocycles. The van der Waals surface area contributed by atoms with Crippen molar-refractivity contribution in [3.8, 4) is 0 Å². The van der Waals surface area contributed by atoms with Gasteiger partial charge in [-0.3, -0.25) is 14.6 Å². The van der Waals surface area contributed by atoms with Gasteiger partial charge in [0.25, 0.3) is 11.5 Å². The van der Waals surface area contributed by atoms with Crippen molar-refractivity contribution in [3.63, 3.8) is 0 Å². The number of likely N-dealkylation sites (tertiary alicyclic amines) is 1. The zero-order valence-corrected chi connectivity index (χ0v) is 9.30. The highest BCUT2D eigenvalue weighted by Gasteiger charge is 2.35. The van der Waals surface area contributed by atoms with Gasteiger partial charge in [-0.15, -0.1) is 0 Å². The Morgan fingerprint density at radius 2 is 2.11 bits per heavy atom. The van der Waals surface area contributed by atoms with E-state index in [1.165, 1.54) is 0 Å². The molecule has 96 valence electrons. The molecule has 8 nitrogen and oxygen atoms in total. The Balaban J connectivity index is 2.34. The van der Waals surface area contributed by atoms with E-state index in [4.69, 9.17) is 5.11 Å². The number of aromatic nitrogens is 2. The van der Waals surface area contributed by atoms with E-state index in [0.29, 0.717) is 12.8 Å². The Hall–Kier alpha value is -2.38. The van der Waals surface area contributed by atoms with Crippen LogP contribution in [0.2, 0.25) is 0 Å². The monoisotopic (exact) mass is 253 g/mol. The van der Waals surface area contributed by atoms with Crippen LogP contribution >= 0.6 is 0 Å². The fraction of sp³-hybridized carbons (Fsp3) is 0.400. The van der Waals surface area contributed by atoms with Crippen LogP contribution in [0.25, 0.3) is 0 Å². The average molecular weight is 253 g/mol. The predicted molar refractivity (Wildman–Crippen MR) is 59.4 cm³/mol. The maximum Gasteiger partial charge on any atom is 0.326 e. The smallest absolute Gasteiger partial charge is 0.326 e. The third kappa shape index (κ3) is 2.04. The van der Waals surface area contributed by atoms with Crippen LogP contribution in [0, 0.1) is 0 Å². The van der Waals surface area contributed by atoms with Crippen LogP contribution < -0.4 is 11.2 Å². The summed E-state index contributed by atoms with van der Waals surface area (Å²) in [6.07, 6.45) is 1.94. The molecule has 0 bridgehead atoms. The molecule has 1 saturated heterocycles. The van der Waals surface area contributed by atoms with E-state index in [-0.39, 0.29) is 12.1 Å². The molecule has 0 spiro atoms. The Morgan fingerprint density at radius 1 is 1.39 bits per heavy atom. The molecule has 0 radical (unpaired) electrons. The molecule has 1 aromatic heterocycles. The van der Waals surface area contributed by atoms with Crippen LogP contribution in [0.1, 0.15) is 23.2 Å². The van der Waals surface area contributed by atoms with Crippen molar-refractivity contribution in [2.45, 2.75) is 18.9 Å². The van der Waals surface area contributed by atoms with Gasteiger partial charge in [0.2, 0.25) is 0 Å². The number of hydrogen-bond donors (Lipinski definition) is 3. The second-order valence-corrected chi connectivity index (χ2v) is 3.98. The number of carboxylic acids is 1. The van der Waals surface area contributed by atoms with Crippen LogP contribution in [0.5, 0.6) is 0 Å². The zero-order valence-electron chi connectivity index (χ0n) is 9.30. The van der Waals surface area contributed by atoms with Gasteiger partial charge < -0.3 is 15.0 Å². The summed E-state index contributed by atoms with van der Waals surface area (Å²) in [5.74, 6) is -1.78. The van der Waals surface area contributed by atoms with E-state index >= 15 is 0 Å². The highest BCUT2D eigenvalue weighted by Crippen LogP contribution is 2.18. The molecule has 2 rings (SSSR count). The number of nitrogens with zero attached hydrogens (tertiary/aromatic N) is 1. The molecule has 1 aliphatic rings. The fourth-order valence-electron chi connectivity index (χ4n) is 1.99. The minimum absolute atomic E-state index is 0.261. The lowest BCUT2D eigenvalue weighted by molar-refractivity contribution is -0.141. The minimum Gasteiger partial charge on any atom is -0.480 e. The summed E-state index contributed by atoms with van der Waals surface area (Å²) in [6, 6.07) is -0.913. The van der Waals surface area contributed by atoms with Crippen LogP contribution in [-0.4, -0.2) is 44.4 Å². The van der Waals surface area contributed by atoms with E-state index in [0.717, 1.165) is 11.1 Å². The van der Waals surface area contributed by atoms with Gasteiger partial charge in [0.05, 0.1) is 0 Å². The molecule has 3 N–H and O–H groups in total. The molecule has 0 saturated carbocycles. The molecular formula is C10H11N3O5. The van der Waals surface area contributed by atoms with Gasteiger partial charge in [0.1, 0.15) is 11.6 Å².